The van der Waals surface area contributed by atoms with Crippen LogP contribution in [0.5, 0.6) is 0 Å². The SMILES string of the molecule is C1=CC[C@@H]2[C@H](C1)CN1CCc3c([nH]c4ccccc34)[C@H]21. The van der Waals surface area contributed by atoms with Crippen molar-refractivity contribution in [2.45, 2.75) is 25.3 Å². The van der Waals surface area contributed by atoms with E-state index in [1.807, 2.05) is 0 Å². The van der Waals surface area contributed by atoms with Crippen LogP contribution < -0.4 is 0 Å². The van der Waals surface area contributed by atoms with E-state index in [1.165, 1.54) is 48.9 Å². The third-order valence-corrected chi connectivity index (χ3v) is 5.68. The molecule has 1 aliphatic carbocycles. The molecule has 5 rings (SSSR count). The van der Waals surface area contributed by atoms with Gasteiger partial charge in [0.25, 0.3) is 0 Å². The Balaban J connectivity index is 1.68. The maximum Gasteiger partial charge on any atom is 0.0536 e. The molecule has 1 aromatic heterocycles. The lowest BCUT2D eigenvalue weighted by molar-refractivity contribution is 0.211. The van der Waals surface area contributed by atoms with Crippen LogP contribution in [0.4, 0.5) is 0 Å². The minimum absolute atomic E-state index is 0.640. The summed E-state index contributed by atoms with van der Waals surface area (Å²) in [5.41, 5.74) is 4.45. The monoisotopic (exact) mass is 264 g/mol. The van der Waals surface area contributed by atoms with Gasteiger partial charge in [-0.15, -0.1) is 0 Å². The van der Waals surface area contributed by atoms with Crippen molar-refractivity contribution >= 4 is 10.9 Å². The maximum absolute atomic E-state index is 3.75. The van der Waals surface area contributed by atoms with Gasteiger partial charge in [0, 0.05) is 29.7 Å². The second kappa shape index (κ2) is 3.98. The molecule has 0 spiro atoms. The van der Waals surface area contributed by atoms with Gasteiger partial charge in [-0.05, 0) is 42.7 Å². The fraction of sp³-hybridized carbons (Fsp3) is 0.444. The number of H-pyrrole nitrogens is 1. The molecular weight excluding hydrogens is 244 g/mol. The van der Waals surface area contributed by atoms with Crippen LogP contribution >= 0.6 is 0 Å². The Morgan fingerprint density at radius 3 is 3.00 bits per heavy atom. The molecule has 3 aliphatic rings. The molecule has 1 saturated heterocycles. The summed E-state index contributed by atoms with van der Waals surface area (Å²) >= 11 is 0. The van der Waals surface area contributed by atoms with Gasteiger partial charge < -0.3 is 4.98 Å². The van der Waals surface area contributed by atoms with E-state index >= 15 is 0 Å². The number of hydrogen-bond acceptors (Lipinski definition) is 1. The van der Waals surface area contributed by atoms with Gasteiger partial charge in [0.15, 0.2) is 0 Å². The Kier molecular flexibility index (Phi) is 2.22. The molecule has 2 aromatic rings. The Morgan fingerprint density at radius 1 is 1.10 bits per heavy atom. The second-order valence-electron chi connectivity index (χ2n) is 6.62. The highest BCUT2D eigenvalue weighted by molar-refractivity contribution is 5.85. The first kappa shape index (κ1) is 11.2. The summed E-state index contributed by atoms with van der Waals surface area (Å²) in [5.74, 6) is 1.70. The van der Waals surface area contributed by atoms with E-state index in [1.54, 1.807) is 5.56 Å². The van der Waals surface area contributed by atoms with E-state index in [9.17, 15) is 0 Å². The zero-order valence-electron chi connectivity index (χ0n) is 11.7. The Morgan fingerprint density at radius 2 is 2.00 bits per heavy atom. The van der Waals surface area contributed by atoms with E-state index in [0.717, 1.165) is 11.8 Å². The lowest BCUT2D eigenvalue weighted by Gasteiger charge is -2.33. The highest BCUT2D eigenvalue weighted by atomic mass is 15.2. The average molecular weight is 264 g/mol. The van der Waals surface area contributed by atoms with Crippen molar-refractivity contribution in [2.24, 2.45) is 11.8 Å². The number of benzene rings is 1. The summed E-state index contributed by atoms with van der Waals surface area (Å²) < 4.78 is 0. The number of fused-ring (bicyclic) bond motifs is 7. The lowest BCUT2D eigenvalue weighted by atomic mass is 9.80. The minimum atomic E-state index is 0.640. The second-order valence-corrected chi connectivity index (χ2v) is 6.62. The average Bonchev–Trinajstić information content (AvgIpc) is 3.04. The van der Waals surface area contributed by atoms with Crippen molar-refractivity contribution < 1.29 is 0 Å². The van der Waals surface area contributed by atoms with Gasteiger partial charge >= 0.3 is 0 Å². The molecule has 102 valence electrons. The van der Waals surface area contributed by atoms with Crippen molar-refractivity contribution in [1.29, 1.82) is 0 Å². The van der Waals surface area contributed by atoms with E-state index in [-0.39, 0.29) is 0 Å². The molecule has 2 heteroatoms. The Bertz CT molecular complexity index is 697. The largest absolute Gasteiger partial charge is 0.357 e. The van der Waals surface area contributed by atoms with Crippen LogP contribution in [0.2, 0.25) is 0 Å². The molecule has 2 aliphatic heterocycles. The molecule has 0 amide bonds. The van der Waals surface area contributed by atoms with Gasteiger partial charge in [-0.25, -0.2) is 0 Å². The number of aromatic amines is 1. The molecule has 1 N–H and O–H groups in total. The fourth-order valence-electron chi connectivity index (χ4n) is 4.80. The van der Waals surface area contributed by atoms with E-state index in [4.69, 9.17) is 0 Å². The highest BCUT2D eigenvalue weighted by Gasteiger charge is 2.45. The fourth-order valence-corrected chi connectivity index (χ4v) is 4.80. The van der Waals surface area contributed by atoms with Gasteiger partial charge in [-0.1, -0.05) is 30.4 Å². The molecule has 0 radical (unpaired) electrons. The molecule has 20 heavy (non-hydrogen) atoms. The van der Waals surface area contributed by atoms with Crippen molar-refractivity contribution in [3.63, 3.8) is 0 Å². The Labute approximate surface area is 119 Å². The molecule has 0 unspecified atom stereocenters. The zero-order chi connectivity index (χ0) is 13.1. The first-order chi connectivity index (χ1) is 9.92. The lowest BCUT2D eigenvalue weighted by Crippen LogP contribution is -2.32. The predicted octanol–water partition coefficient (Wildman–Crippen LogP) is 3.66. The van der Waals surface area contributed by atoms with Crippen LogP contribution in [0, 0.1) is 11.8 Å². The molecule has 3 heterocycles. The summed E-state index contributed by atoms with van der Waals surface area (Å²) in [6.07, 6.45) is 8.56. The number of aromatic nitrogens is 1. The van der Waals surface area contributed by atoms with Crippen LogP contribution in [0.3, 0.4) is 0 Å². The normalized spacial score (nSPS) is 32.1. The van der Waals surface area contributed by atoms with Gasteiger partial charge in [0.2, 0.25) is 0 Å². The zero-order valence-corrected chi connectivity index (χ0v) is 11.7. The number of nitrogens with zero attached hydrogens (tertiary/aromatic N) is 1. The number of rotatable bonds is 0. The Hall–Kier alpha value is -1.54. The first-order valence-electron chi connectivity index (χ1n) is 7.90. The predicted molar refractivity (Wildman–Crippen MR) is 81.7 cm³/mol. The quantitative estimate of drug-likeness (QED) is 0.719. The van der Waals surface area contributed by atoms with Crippen molar-refractivity contribution in [1.82, 2.24) is 9.88 Å². The third kappa shape index (κ3) is 1.38. The van der Waals surface area contributed by atoms with E-state index < -0.39 is 0 Å². The van der Waals surface area contributed by atoms with Gasteiger partial charge in [0.05, 0.1) is 6.04 Å². The highest BCUT2D eigenvalue weighted by Crippen LogP contribution is 2.49. The summed E-state index contributed by atoms with van der Waals surface area (Å²) in [6.45, 7) is 2.54. The van der Waals surface area contributed by atoms with Crippen LogP contribution in [0.15, 0.2) is 36.4 Å². The number of hydrogen-bond donors (Lipinski definition) is 1. The first-order valence-corrected chi connectivity index (χ1v) is 7.90. The number of nitrogens with one attached hydrogen (secondary N) is 1. The molecule has 0 bridgehead atoms. The maximum atomic E-state index is 3.75. The third-order valence-electron chi connectivity index (χ3n) is 5.68. The summed E-state index contributed by atoms with van der Waals surface area (Å²) in [7, 11) is 0. The number of para-hydroxylation sites is 1. The van der Waals surface area contributed by atoms with Crippen molar-refractivity contribution in [2.75, 3.05) is 13.1 Å². The van der Waals surface area contributed by atoms with Crippen LogP contribution in [-0.4, -0.2) is 23.0 Å². The summed E-state index contributed by atoms with van der Waals surface area (Å²) in [4.78, 5) is 6.49. The van der Waals surface area contributed by atoms with Crippen LogP contribution in [-0.2, 0) is 6.42 Å². The van der Waals surface area contributed by atoms with E-state index in [2.05, 4.69) is 46.3 Å². The van der Waals surface area contributed by atoms with Crippen LogP contribution in [0.25, 0.3) is 10.9 Å². The molecule has 0 saturated carbocycles. The van der Waals surface area contributed by atoms with Gasteiger partial charge in [-0.2, -0.15) is 0 Å². The topological polar surface area (TPSA) is 19.0 Å². The molecule has 1 fully saturated rings. The molecule has 1 aromatic carbocycles. The summed E-state index contributed by atoms with van der Waals surface area (Å²) in [6, 6.07) is 9.46. The molecule has 3 atom stereocenters. The van der Waals surface area contributed by atoms with Crippen molar-refractivity contribution in [3.05, 3.63) is 47.7 Å². The molecule has 2 nitrogen and oxygen atoms in total. The standard InChI is InChI=1S/C18H20N2/c1-2-6-13-12(5-1)11-20-10-9-15-14-7-3-4-8-16(14)19-17(15)18(13)20/h1-4,7-8,12-13,18-19H,5-6,9-11H2/t12-,13-,18+/m1/s1. The van der Waals surface area contributed by atoms with Crippen LogP contribution in [0.1, 0.15) is 30.1 Å². The van der Waals surface area contributed by atoms with Gasteiger partial charge in [0.1, 0.15) is 0 Å². The minimum Gasteiger partial charge on any atom is -0.357 e. The number of allylic oxidation sites excluding steroid dienone is 2. The molecular formula is C18H20N2. The summed E-state index contributed by atoms with van der Waals surface area (Å²) in [5, 5.41) is 1.46. The van der Waals surface area contributed by atoms with Gasteiger partial charge in [-0.3, -0.25) is 4.90 Å². The smallest absolute Gasteiger partial charge is 0.0536 e. The van der Waals surface area contributed by atoms with Crippen molar-refractivity contribution in [3.8, 4) is 0 Å². The van der Waals surface area contributed by atoms with E-state index in [0.29, 0.717) is 6.04 Å².